The van der Waals surface area contributed by atoms with Crippen LogP contribution >= 0.6 is 0 Å². The molecule has 0 aliphatic carbocycles. The lowest BCUT2D eigenvalue weighted by molar-refractivity contribution is -0.201. The summed E-state index contributed by atoms with van der Waals surface area (Å²) in [6, 6.07) is 13.3. The zero-order chi connectivity index (χ0) is 26.4. The van der Waals surface area contributed by atoms with Crippen molar-refractivity contribution >= 4 is 11.9 Å². The molecule has 0 radical (unpaired) electrons. The topological polar surface area (TPSA) is 107 Å². The maximum atomic E-state index is 13.4. The Kier molecular flexibility index (Phi) is 7.56. The van der Waals surface area contributed by atoms with Gasteiger partial charge in [0.2, 0.25) is 0 Å². The molecule has 0 amide bonds. The molecule has 0 spiro atoms. The first-order valence-corrected chi connectivity index (χ1v) is 10.8. The van der Waals surface area contributed by atoms with Crippen LogP contribution in [0, 0.1) is 5.82 Å². The maximum absolute atomic E-state index is 13.4. The summed E-state index contributed by atoms with van der Waals surface area (Å²) in [5.41, 5.74) is 1.51. The third kappa shape index (κ3) is 6.97. The number of aromatic amines is 1. The fraction of sp³-hybridized carbons (Fsp3) is 0.160. The summed E-state index contributed by atoms with van der Waals surface area (Å²) in [4.78, 5) is 38.7. The Bertz CT molecular complexity index is 1360. The van der Waals surface area contributed by atoms with Gasteiger partial charge in [-0.2, -0.15) is 18.2 Å². The SMILES string of the molecule is O=C(CC(c1ccc(F)cc1)c1ccnc(Oc2ccc(Cc3ncc[nH]3)cc2)n1)OC(=O)C(F)(F)F. The van der Waals surface area contributed by atoms with Gasteiger partial charge in [0, 0.05) is 30.9 Å². The van der Waals surface area contributed by atoms with Crippen LogP contribution in [0.1, 0.15) is 35.0 Å². The summed E-state index contributed by atoms with van der Waals surface area (Å²) in [7, 11) is 0. The highest BCUT2D eigenvalue weighted by atomic mass is 19.4. The molecule has 0 saturated heterocycles. The summed E-state index contributed by atoms with van der Waals surface area (Å²) >= 11 is 0. The van der Waals surface area contributed by atoms with Crippen LogP contribution < -0.4 is 4.74 Å². The third-order valence-electron chi connectivity index (χ3n) is 5.15. The van der Waals surface area contributed by atoms with Crippen molar-refractivity contribution in [2.45, 2.75) is 24.9 Å². The number of benzene rings is 2. The second-order valence-electron chi connectivity index (χ2n) is 7.79. The molecule has 0 fully saturated rings. The Morgan fingerprint density at radius 2 is 1.68 bits per heavy atom. The Morgan fingerprint density at radius 3 is 2.32 bits per heavy atom. The highest BCUT2D eigenvalue weighted by Gasteiger charge is 2.42. The maximum Gasteiger partial charge on any atom is 0.491 e. The molecule has 1 N–H and O–H groups in total. The van der Waals surface area contributed by atoms with E-state index in [-0.39, 0.29) is 11.7 Å². The predicted molar refractivity (Wildman–Crippen MR) is 120 cm³/mol. The normalized spacial score (nSPS) is 12.1. The minimum atomic E-state index is -5.33. The molecule has 0 saturated carbocycles. The third-order valence-corrected chi connectivity index (χ3v) is 5.15. The standard InChI is InChI=1S/C25H18F4N4O4/c26-17-5-3-16(4-6-17)19(14-22(34)37-23(35)25(27,28)29)20-9-10-32-24(33-20)36-18-7-1-15(2-8-18)13-21-30-11-12-31-21/h1-12,19H,13-14H2,(H,30,31). The molecule has 12 heteroatoms. The smallest absolute Gasteiger partial charge is 0.424 e. The van der Waals surface area contributed by atoms with Crippen molar-refractivity contribution in [1.82, 2.24) is 19.9 Å². The Labute approximate surface area is 207 Å². The molecule has 2 aromatic carbocycles. The van der Waals surface area contributed by atoms with Crippen LogP contribution in [0.4, 0.5) is 17.6 Å². The van der Waals surface area contributed by atoms with Crippen LogP contribution in [0.5, 0.6) is 11.8 Å². The number of carbonyl (C=O) groups is 2. The number of aromatic nitrogens is 4. The van der Waals surface area contributed by atoms with Crippen LogP contribution in [0.2, 0.25) is 0 Å². The number of rotatable bonds is 8. The van der Waals surface area contributed by atoms with Crippen molar-refractivity contribution in [2.24, 2.45) is 0 Å². The number of imidazole rings is 1. The molecule has 4 aromatic rings. The first kappa shape index (κ1) is 25.5. The van der Waals surface area contributed by atoms with Crippen LogP contribution in [-0.4, -0.2) is 38.1 Å². The molecule has 2 heterocycles. The van der Waals surface area contributed by atoms with E-state index >= 15 is 0 Å². The molecule has 8 nitrogen and oxygen atoms in total. The lowest BCUT2D eigenvalue weighted by Crippen LogP contribution is -2.28. The fourth-order valence-corrected chi connectivity index (χ4v) is 3.42. The molecular formula is C25H18F4N4O4. The number of H-pyrrole nitrogens is 1. The quantitative estimate of drug-likeness (QED) is 0.203. The highest BCUT2D eigenvalue weighted by molar-refractivity contribution is 5.88. The zero-order valence-electron chi connectivity index (χ0n) is 18.9. The Balaban J connectivity index is 1.53. The van der Waals surface area contributed by atoms with E-state index in [1.165, 1.54) is 24.4 Å². The summed E-state index contributed by atoms with van der Waals surface area (Å²) in [6.45, 7) is 0. The monoisotopic (exact) mass is 514 g/mol. The van der Waals surface area contributed by atoms with Crippen molar-refractivity contribution in [1.29, 1.82) is 0 Å². The van der Waals surface area contributed by atoms with Crippen molar-refractivity contribution in [3.05, 3.63) is 102 Å². The minimum absolute atomic E-state index is 0.0943. The lowest BCUT2D eigenvalue weighted by atomic mass is 9.92. The number of esters is 2. The van der Waals surface area contributed by atoms with Gasteiger partial charge in [-0.25, -0.2) is 19.2 Å². The van der Waals surface area contributed by atoms with Gasteiger partial charge in [-0.05, 0) is 41.5 Å². The van der Waals surface area contributed by atoms with Crippen LogP contribution in [0.25, 0.3) is 0 Å². The Morgan fingerprint density at radius 1 is 0.946 bits per heavy atom. The number of carbonyl (C=O) groups excluding carboxylic acids is 2. The van der Waals surface area contributed by atoms with Crippen molar-refractivity contribution in [3.8, 4) is 11.8 Å². The van der Waals surface area contributed by atoms with E-state index in [4.69, 9.17) is 4.74 Å². The number of halogens is 4. The van der Waals surface area contributed by atoms with E-state index < -0.39 is 36.3 Å². The van der Waals surface area contributed by atoms with Gasteiger partial charge in [-0.1, -0.05) is 24.3 Å². The van der Waals surface area contributed by atoms with E-state index in [0.717, 1.165) is 23.5 Å². The average molecular weight is 514 g/mol. The van der Waals surface area contributed by atoms with Gasteiger partial charge in [0.05, 0.1) is 12.1 Å². The van der Waals surface area contributed by atoms with E-state index in [1.54, 1.807) is 24.5 Å². The van der Waals surface area contributed by atoms with Crippen molar-refractivity contribution in [3.63, 3.8) is 0 Å². The molecule has 2 aromatic heterocycles. The van der Waals surface area contributed by atoms with E-state index in [1.807, 2.05) is 12.1 Å². The van der Waals surface area contributed by atoms with Gasteiger partial charge < -0.3 is 14.5 Å². The van der Waals surface area contributed by atoms with Crippen LogP contribution in [-0.2, 0) is 20.7 Å². The second-order valence-corrected chi connectivity index (χ2v) is 7.79. The van der Waals surface area contributed by atoms with Gasteiger partial charge in [0.1, 0.15) is 17.4 Å². The van der Waals surface area contributed by atoms with Crippen molar-refractivity contribution < 1.29 is 36.6 Å². The highest BCUT2D eigenvalue weighted by Crippen LogP contribution is 2.30. The number of nitrogens with one attached hydrogen (secondary N) is 1. The van der Waals surface area contributed by atoms with Gasteiger partial charge in [-0.15, -0.1) is 0 Å². The number of hydrogen-bond acceptors (Lipinski definition) is 7. The molecule has 0 aliphatic rings. The number of nitrogens with zero attached hydrogens (tertiary/aromatic N) is 3. The summed E-state index contributed by atoms with van der Waals surface area (Å²) < 4.78 is 60.6. The summed E-state index contributed by atoms with van der Waals surface area (Å²) in [5.74, 6) is -4.38. The van der Waals surface area contributed by atoms with E-state index in [2.05, 4.69) is 24.7 Å². The second kappa shape index (κ2) is 11.0. The lowest BCUT2D eigenvalue weighted by Gasteiger charge is -2.17. The number of hydrogen-bond donors (Lipinski definition) is 1. The first-order chi connectivity index (χ1) is 17.7. The minimum Gasteiger partial charge on any atom is -0.424 e. The Hall–Kier alpha value is -4.61. The van der Waals surface area contributed by atoms with Crippen molar-refractivity contribution in [2.75, 3.05) is 0 Å². The molecule has 4 rings (SSSR count). The predicted octanol–water partition coefficient (Wildman–Crippen LogP) is 4.88. The zero-order valence-corrected chi connectivity index (χ0v) is 18.9. The number of ether oxygens (including phenoxy) is 2. The average Bonchev–Trinajstić information content (AvgIpc) is 3.37. The van der Waals surface area contributed by atoms with Gasteiger partial charge in [0.15, 0.2) is 0 Å². The molecule has 0 aliphatic heterocycles. The first-order valence-electron chi connectivity index (χ1n) is 10.8. The van der Waals surface area contributed by atoms with E-state index in [9.17, 15) is 27.2 Å². The van der Waals surface area contributed by atoms with E-state index in [0.29, 0.717) is 17.7 Å². The van der Waals surface area contributed by atoms with Crippen LogP contribution in [0.15, 0.2) is 73.2 Å². The molecule has 37 heavy (non-hydrogen) atoms. The largest absolute Gasteiger partial charge is 0.491 e. The summed E-state index contributed by atoms with van der Waals surface area (Å²) in [6.07, 6.45) is -0.693. The summed E-state index contributed by atoms with van der Waals surface area (Å²) in [5, 5.41) is 0. The van der Waals surface area contributed by atoms with Crippen LogP contribution in [0.3, 0.4) is 0 Å². The number of alkyl halides is 3. The molecule has 190 valence electrons. The molecule has 1 atom stereocenters. The van der Waals surface area contributed by atoms with Gasteiger partial charge >= 0.3 is 24.1 Å². The van der Waals surface area contributed by atoms with Gasteiger partial charge in [0.25, 0.3) is 0 Å². The molecule has 0 bridgehead atoms. The molecule has 1 unspecified atom stereocenters. The van der Waals surface area contributed by atoms with Gasteiger partial charge in [-0.3, -0.25) is 4.79 Å². The molecular weight excluding hydrogens is 496 g/mol. The fourth-order valence-electron chi connectivity index (χ4n) is 3.42.